The Balaban J connectivity index is 1.31. The van der Waals surface area contributed by atoms with Crippen molar-refractivity contribution in [2.45, 2.75) is 38.0 Å². The molecule has 8 nitrogen and oxygen atoms in total. The van der Waals surface area contributed by atoms with Gasteiger partial charge in [-0.2, -0.15) is 0 Å². The standard InChI is InChI=1S/C24H27N5O3/c30-22(25-16-18-9-6-14-32-18)20(15-17-7-2-1-3-8-17)27-24(31)29-13-12-28-21-11-5-4-10-19(21)26-23(28)29/h1-5,7-8,10-11,18,20H,6,9,12-16H2,(H,25,30)(H,27,31)/t18-,20+/m1/s1. The maximum Gasteiger partial charge on any atom is 0.324 e. The zero-order valence-electron chi connectivity index (χ0n) is 17.9. The maximum absolute atomic E-state index is 13.2. The van der Waals surface area contributed by atoms with Crippen molar-refractivity contribution >= 4 is 28.9 Å². The Bertz CT molecular complexity index is 1110. The third kappa shape index (κ3) is 4.18. The second-order valence-corrected chi connectivity index (χ2v) is 8.28. The van der Waals surface area contributed by atoms with Gasteiger partial charge in [0.1, 0.15) is 6.04 Å². The van der Waals surface area contributed by atoms with E-state index >= 15 is 0 Å². The van der Waals surface area contributed by atoms with Crippen LogP contribution in [0.5, 0.6) is 0 Å². The Labute approximate surface area is 186 Å². The summed E-state index contributed by atoms with van der Waals surface area (Å²) in [5, 5.41) is 5.91. The molecule has 0 bridgehead atoms. The summed E-state index contributed by atoms with van der Waals surface area (Å²) in [6, 6.07) is 16.6. The van der Waals surface area contributed by atoms with Crippen molar-refractivity contribution in [2.75, 3.05) is 24.6 Å². The molecule has 2 aromatic carbocycles. The van der Waals surface area contributed by atoms with Crippen LogP contribution in [0.3, 0.4) is 0 Å². The number of aromatic nitrogens is 2. The van der Waals surface area contributed by atoms with E-state index in [9.17, 15) is 9.59 Å². The number of ether oxygens (including phenoxy) is 1. The number of carbonyl (C=O) groups excluding carboxylic acids is 2. The quantitative estimate of drug-likeness (QED) is 0.625. The molecular weight excluding hydrogens is 406 g/mol. The first-order valence-corrected chi connectivity index (χ1v) is 11.2. The van der Waals surface area contributed by atoms with Gasteiger partial charge in [0.2, 0.25) is 11.9 Å². The first kappa shape index (κ1) is 20.5. The fraction of sp³-hybridized carbons (Fsp3) is 0.375. The normalized spacial score (nSPS) is 18.5. The molecule has 2 atom stereocenters. The van der Waals surface area contributed by atoms with Crippen LogP contribution in [0.1, 0.15) is 18.4 Å². The highest BCUT2D eigenvalue weighted by atomic mass is 16.5. The molecule has 1 aromatic heterocycles. The van der Waals surface area contributed by atoms with Gasteiger partial charge in [-0.25, -0.2) is 9.78 Å². The number of hydrogen-bond acceptors (Lipinski definition) is 4. The summed E-state index contributed by atoms with van der Waals surface area (Å²) in [7, 11) is 0. The Morgan fingerprint density at radius 1 is 1.09 bits per heavy atom. The molecule has 2 N–H and O–H groups in total. The van der Waals surface area contributed by atoms with Gasteiger partial charge in [-0.15, -0.1) is 0 Å². The summed E-state index contributed by atoms with van der Waals surface area (Å²) in [6.07, 6.45) is 2.42. The van der Waals surface area contributed by atoms with Crippen LogP contribution in [0.25, 0.3) is 11.0 Å². The molecule has 0 spiro atoms. The van der Waals surface area contributed by atoms with Crippen molar-refractivity contribution in [3.8, 4) is 0 Å². The molecule has 1 fully saturated rings. The van der Waals surface area contributed by atoms with E-state index in [1.807, 2.05) is 59.2 Å². The number of imidazole rings is 1. The number of benzene rings is 2. The molecule has 3 aromatic rings. The smallest absolute Gasteiger partial charge is 0.324 e. The molecule has 0 radical (unpaired) electrons. The van der Waals surface area contributed by atoms with E-state index in [1.54, 1.807) is 4.90 Å². The fourth-order valence-electron chi connectivity index (χ4n) is 4.41. The van der Waals surface area contributed by atoms with Crippen LogP contribution in [-0.4, -0.2) is 53.3 Å². The van der Waals surface area contributed by atoms with Gasteiger partial charge in [-0.05, 0) is 30.5 Å². The maximum atomic E-state index is 13.2. The van der Waals surface area contributed by atoms with Gasteiger partial charge in [-0.1, -0.05) is 42.5 Å². The Kier molecular flexibility index (Phi) is 5.77. The van der Waals surface area contributed by atoms with Crippen LogP contribution in [0.2, 0.25) is 0 Å². The molecule has 0 unspecified atom stereocenters. The molecule has 3 heterocycles. The molecule has 0 aliphatic carbocycles. The lowest BCUT2D eigenvalue weighted by molar-refractivity contribution is -0.123. The van der Waals surface area contributed by atoms with E-state index in [0.29, 0.717) is 32.0 Å². The van der Waals surface area contributed by atoms with Crippen molar-refractivity contribution in [1.82, 2.24) is 20.2 Å². The number of carbonyl (C=O) groups is 2. The number of nitrogens with one attached hydrogen (secondary N) is 2. The van der Waals surface area contributed by atoms with Crippen molar-refractivity contribution in [3.63, 3.8) is 0 Å². The van der Waals surface area contributed by atoms with Gasteiger partial charge >= 0.3 is 6.03 Å². The number of nitrogens with zero attached hydrogens (tertiary/aromatic N) is 3. The third-order valence-electron chi connectivity index (χ3n) is 6.09. The topological polar surface area (TPSA) is 88.5 Å². The number of hydrogen-bond donors (Lipinski definition) is 2. The summed E-state index contributed by atoms with van der Waals surface area (Å²) in [4.78, 5) is 32.5. The highest BCUT2D eigenvalue weighted by Gasteiger charge is 2.31. The van der Waals surface area contributed by atoms with Gasteiger partial charge in [-0.3, -0.25) is 9.69 Å². The summed E-state index contributed by atoms with van der Waals surface area (Å²) >= 11 is 0. The Hall–Kier alpha value is -3.39. The predicted octanol–water partition coefficient (Wildman–Crippen LogP) is 2.47. The average Bonchev–Trinajstić information content (AvgIpc) is 3.54. The summed E-state index contributed by atoms with van der Waals surface area (Å²) in [6.45, 7) is 2.40. The van der Waals surface area contributed by atoms with Gasteiger partial charge in [0, 0.05) is 32.7 Å². The number of rotatable bonds is 6. The van der Waals surface area contributed by atoms with Gasteiger partial charge < -0.3 is 19.9 Å². The van der Waals surface area contributed by atoms with Crippen LogP contribution in [-0.2, 0) is 22.5 Å². The lowest BCUT2D eigenvalue weighted by atomic mass is 10.1. The summed E-state index contributed by atoms with van der Waals surface area (Å²) in [5.74, 6) is 0.410. The molecule has 3 amide bonds. The van der Waals surface area contributed by atoms with E-state index in [1.165, 1.54) is 0 Å². The molecule has 32 heavy (non-hydrogen) atoms. The minimum absolute atomic E-state index is 0.0468. The first-order chi connectivity index (χ1) is 15.7. The van der Waals surface area contributed by atoms with Crippen LogP contribution < -0.4 is 15.5 Å². The van der Waals surface area contributed by atoms with E-state index in [4.69, 9.17) is 4.74 Å². The van der Waals surface area contributed by atoms with Crippen LogP contribution in [0, 0.1) is 0 Å². The van der Waals surface area contributed by atoms with Crippen LogP contribution in [0.4, 0.5) is 10.7 Å². The van der Waals surface area contributed by atoms with E-state index in [-0.39, 0.29) is 18.0 Å². The molecule has 166 valence electrons. The molecule has 2 aliphatic heterocycles. The number of urea groups is 1. The first-order valence-electron chi connectivity index (χ1n) is 11.2. The van der Waals surface area contributed by atoms with E-state index in [2.05, 4.69) is 15.6 Å². The van der Waals surface area contributed by atoms with Crippen molar-refractivity contribution in [1.29, 1.82) is 0 Å². The van der Waals surface area contributed by atoms with Gasteiger partial charge in [0.05, 0.1) is 17.1 Å². The number of amides is 3. The number of anilines is 1. The third-order valence-corrected chi connectivity index (χ3v) is 6.09. The Morgan fingerprint density at radius 3 is 2.72 bits per heavy atom. The van der Waals surface area contributed by atoms with E-state index < -0.39 is 6.04 Å². The monoisotopic (exact) mass is 433 g/mol. The molecule has 0 saturated carbocycles. The summed E-state index contributed by atoms with van der Waals surface area (Å²) < 4.78 is 7.65. The average molecular weight is 434 g/mol. The van der Waals surface area contributed by atoms with Crippen LogP contribution in [0.15, 0.2) is 54.6 Å². The van der Waals surface area contributed by atoms with Gasteiger partial charge in [0.15, 0.2) is 0 Å². The minimum Gasteiger partial charge on any atom is -0.376 e. The summed E-state index contributed by atoms with van der Waals surface area (Å²) in [5.41, 5.74) is 2.85. The molecular formula is C24H27N5O3. The van der Waals surface area contributed by atoms with E-state index in [0.717, 1.165) is 36.0 Å². The molecule has 8 heteroatoms. The second-order valence-electron chi connectivity index (χ2n) is 8.28. The molecule has 5 rings (SSSR count). The van der Waals surface area contributed by atoms with Crippen molar-refractivity contribution in [2.24, 2.45) is 0 Å². The zero-order valence-corrected chi connectivity index (χ0v) is 17.9. The highest BCUT2D eigenvalue weighted by molar-refractivity contribution is 5.96. The highest BCUT2D eigenvalue weighted by Crippen LogP contribution is 2.27. The molecule has 2 aliphatic rings. The van der Waals surface area contributed by atoms with Gasteiger partial charge in [0.25, 0.3) is 0 Å². The second kappa shape index (κ2) is 9.00. The Morgan fingerprint density at radius 2 is 1.91 bits per heavy atom. The number of fused-ring (bicyclic) bond motifs is 3. The number of para-hydroxylation sites is 2. The van der Waals surface area contributed by atoms with Crippen molar-refractivity contribution < 1.29 is 14.3 Å². The van der Waals surface area contributed by atoms with Crippen LogP contribution >= 0.6 is 0 Å². The van der Waals surface area contributed by atoms with Crippen molar-refractivity contribution in [3.05, 3.63) is 60.2 Å². The SMILES string of the molecule is O=C(NC[C@H]1CCCO1)[C@H](Cc1ccccc1)NC(=O)N1CCn2c1nc1ccccc12. The molecule has 1 saturated heterocycles. The lowest BCUT2D eigenvalue weighted by Crippen LogP contribution is -2.53. The zero-order chi connectivity index (χ0) is 21.9. The predicted molar refractivity (Wildman–Crippen MR) is 122 cm³/mol. The fourth-order valence-corrected chi connectivity index (χ4v) is 4.41. The largest absolute Gasteiger partial charge is 0.376 e. The lowest BCUT2D eigenvalue weighted by Gasteiger charge is -2.23. The minimum atomic E-state index is -0.690.